The summed E-state index contributed by atoms with van der Waals surface area (Å²) in [4.78, 5) is 22.4. The van der Waals surface area contributed by atoms with Gasteiger partial charge < -0.3 is 14.6 Å². The monoisotopic (exact) mass is 413 g/mol. The number of nitro groups is 1. The number of aromatic nitrogens is 3. The van der Waals surface area contributed by atoms with Crippen LogP contribution in [0.5, 0.6) is 5.75 Å². The summed E-state index contributed by atoms with van der Waals surface area (Å²) in [5.41, 5.74) is 0.466. The Morgan fingerprint density at radius 2 is 1.90 bits per heavy atom. The highest BCUT2D eigenvalue weighted by Crippen LogP contribution is 2.20. The van der Waals surface area contributed by atoms with Gasteiger partial charge >= 0.3 is 0 Å². The van der Waals surface area contributed by atoms with E-state index in [-0.39, 0.29) is 24.0 Å². The average molecular weight is 413 g/mol. The minimum Gasteiger partial charge on any atom is -0.486 e. The Balaban J connectivity index is 1.55. The maximum atomic E-state index is 12.2. The summed E-state index contributed by atoms with van der Waals surface area (Å²) < 4.78 is 7.61. The maximum Gasteiger partial charge on any atom is 0.269 e. The van der Waals surface area contributed by atoms with E-state index in [2.05, 4.69) is 15.5 Å². The highest BCUT2D eigenvalue weighted by molar-refractivity contribution is 7.99. The Labute approximate surface area is 171 Å². The van der Waals surface area contributed by atoms with Crippen molar-refractivity contribution < 1.29 is 14.5 Å². The molecule has 2 aromatic carbocycles. The molecule has 0 unspecified atom stereocenters. The zero-order chi connectivity index (χ0) is 20.6. The van der Waals surface area contributed by atoms with Crippen LogP contribution in [0.4, 0.5) is 11.4 Å². The van der Waals surface area contributed by atoms with Crippen LogP contribution in [0.3, 0.4) is 0 Å². The molecular weight excluding hydrogens is 394 g/mol. The summed E-state index contributed by atoms with van der Waals surface area (Å²) in [7, 11) is 0. The van der Waals surface area contributed by atoms with Gasteiger partial charge in [-0.05, 0) is 31.2 Å². The lowest BCUT2D eigenvalue weighted by atomic mass is 10.3. The predicted molar refractivity (Wildman–Crippen MR) is 109 cm³/mol. The van der Waals surface area contributed by atoms with E-state index < -0.39 is 4.92 Å². The van der Waals surface area contributed by atoms with Crippen molar-refractivity contribution in [3.05, 3.63) is 70.5 Å². The maximum absolute atomic E-state index is 12.2. The third kappa shape index (κ3) is 5.55. The second kappa shape index (κ2) is 9.69. The fourth-order valence-electron chi connectivity index (χ4n) is 2.51. The number of nitrogens with one attached hydrogen (secondary N) is 1. The second-order valence-corrected chi connectivity index (χ2v) is 6.83. The molecule has 10 heteroatoms. The SMILES string of the molecule is CCn1c(COc2ccccc2)nnc1SCC(=O)Nc1ccc([N+](=O)[O-])cc1. The first kappa shape index (κ1) is 20.3. The molecule has 0 aliphatic rings. The number of hydrogen-bond acceptors (Lipinski definition) is 7. The van der Waals surface area contributed by atoms with Gasteiger partial charge in [0.1, 0.15) is 12.4 Å². The van der Waals surface area contributed by atoms with E-state index in [0.29, 0.717) is 23.2 Å². The van der Waals surface area contributed by atoms with E-state index in [0.717, 1.165) is 5.75 Å². The topological polar surface area (TPSA) is 112 Å². The molecule has 29 heavy (non-hydrogen) atoms. The number of rotatable bonds is 9. The lowest BCUT2D eigenvalue weighted by Gasteiger charge is -2.09. The second-order valence-electron chi connectivity index (χ2n) is 5.89. The number of carbonyl (C=O) groups excluding carboxylic acids is 1. The number of nitrogens with zero attached hydrogens (tertiary/aromatic N) is 4. The van der Waals surface area contributed by atoms with Crippen molar-refractivity contribution >= 4 is 29.0 Å². The summed E-state index contributed by atoms with van der Waals surface area (Å²) in [5.74, 6) is 1.32. The molecule has 3 rings (SSSR count). The summed E-state index contributed by atoms with van der Waals surface area (Å²) in [6, 6.07) is 15.1. The minimum atomic E-state index is -0.488. The molecular formula is C19H19N5O4S. The van der Waals surface area contributed by atoms with Crippen molar-refractivity contribution in [2.75, 3.05) is 11.1 Å². The van der Waals surface area contributed by atoms with Crippen LogP contribution in [0.1, 0.15) is 12.7 Å². The zero-order valence-electron chi connectivity index (χ0n) is 15.6. The summed E-state index contributed by atoms with van der Waals surface area (Å²) >= 11 is 1.26. The average Bonchev–Trinajstić information content (AvgIpc) is 3.13. The standard InChI is InChI=1S/C19H19N5O4S/c1-2-23-17(12-28-16-6-4-3-5-7-16)21-22-19(23)29-13-18(25)20-14-8-10-15(11-9-14)24(26)27/h3-11H,2,12-13H2,1H3,(H,20,25). The first-order valence-electron chi connectivity index (χ1n) is 8.84. The van der Waals surface area contributed by atoms with Gasteiger partial charge in [-0.25, -0.2) is 0 Å². The quantitative estimate of drug-likeness (QED) is 0.324. The Kier molecular flexibility index (Phi) is 6.80. The molecule has 1 heterocycles. The fraction of sp³-hybridized carbons (Fsp3) is 0.211. The van der Waals surface area contributed by atoms with Crippen LogP contribution < -0.4 is 10.1 Å². The molecule has 1 amide bonds. The third-order valence-corrected chi connectivity index (χ3v) is 4.88. The number of nitro benzene ring substituents is 1. The number of benzene rings is 2. The van der Waals surface area contributed by atoms with Crippen molar-refractivity contribution in [2.24, 2.45) is 0 Å². The predicted octanol–water partition coefficient (Wildman–Crippen LogP) is 3.52. The highest BCUT2D eigenvalue weighted by Gasteiger charge is 2.14. The van der Waals surface area contributed by atoms with Crippen molar-refractivity contribution in [2.45, 2.75) is 25.2 Å². The van der Waals surface area contributed by atoms with Crippen LogP contribution in [0.25, 0.3) is 0 Å². The van der Waals surface area contributed by atoms with Crippen molar-refractivity contribution in [3.8, 4) is 5.75 Å². The van der Waals surface area contributed by atoms with Crippen molar-refractivity contribution in [1.29, 1.82) is 0 Å². The van der Waals surface area contributed by atoms with Crippen molar-refractivity contribution in [3.63, 3.8) is 0 Å². The van der Waals surface area contributed by atoms with Gasteiger partial charge in [0, 0.05) is 24.4 Å². The number of amides is 1. The van der Waals surface area contributed by atoms with Crippen LogP contribution in [0.2, 0.25) is 0 Å². The number of ether oxygens (including phenoxy) is 1. The van der Waals surface area contributed by atoms with Gasteiger partial charge in [0.15, 0.2) is 11.0 Å². The van der Waals surface area contributed by atoms with Gasteiger partial charge in [0.25, 0.3) is 5.69 Å². The van der Waals surface area contributed by atoms with Gasteiger partial charge in [-0.1, -0.05) is 30.0 Å². The third-order valence-electron chi connectivity index (χ3n) is 3.92. The number of para-hydroxylation sites is 1. The molecule has 0 fully saturated rings. The van der Waals surface area contributed by atoms with Crippen LogP contribution in [0, 0.1) is 10.1 Å². The van der Waals surface area contributed by atoms with E-state index in [9.17, 15) is 14.9 Å². The smallest absolute Gasteiger partial charge is 0.269 e. The molecule has 0 spiro atoms. The van der Waals surface area contributed by atoms with Crippen LogP contribution in [-0.4, -0.2) is 31.3 Å². The highest BCUT2D eigenvalue weighted by atomic mass is 32.2. The first-order chi connectivity index (χ1) is 14.1. The zero-order valence-corrected chi connectivity index (χ0v) is 16.5. The Bertz CT molecular complexity index is 976. The van der Waals surface area contributed by atoms with Gasteiger partial charge in [-0.2, -0.15) is 0 Å². The number of non-ortho nitro benzene ring substituents is 1. The van der Waals surface area contributed by atoms with Crippen LogP contribution in [0.15, 0.2) is 59.8 Å². The molecule has 0 saturated heterocycles. The molecule has 150 valence electrons. The number of thioether (sulfide) groups is 1. The van der Waals surface area contributed by atoms with Gasteiger partial charge in [-0.15, -0.1) is 10.2 Å². The number of carbonyl (C=O) groups is 1. The normalized spacial score (nSPS) is 10.5. The largest absolute Gasteiger partial charge is 0.486 e. The summed E-state index contributed by atoms with van der Waals surface area (Å²) in [5, 5.41) is 22.3. The van der Waals surface area contributed by atoms with E-state index in [1.165, 1.54) is 36.0 Å². The molecule has 0 atom stereocenters. The Hall–Kier alpha value is -3.40. The van der Waals surface area contributed by atoms with E-state index in [1.807, 2.05) is 41.8 Å². The molecule has 0 radical (unpaired) electrons. The molecule has 0 saturated carbocycles. The lowest BCUT2D eigenvalue weighted by Crippen LogP contribution is -2.15. The van der Waals surface area contributed by atoms with Crippen LogP contribution >= 0.6 is 11.8 Å². The summed E-state index contributed by atoms with van der Waals surface area (Å²) in [6.45, 7) is 2.89. The molecule has 0 aliphatic carbocycles. The van der Waals surface area contributed by atoms with Gasteiger partial charge in [-0.3, -0.25) is 14.9 Å². The minimum absolute atomic E-state index is 0.0290. The fourth-order valence-corrected chi connectivity index (χ4v) is 3.33. The Morgan fingerprint density at radius 3 is 2.55 bits per heavy atom. The molecule has 9 nitrogen and oxygen atoms in total. The number of hydrogen-bond donors (Lipinski definition) is 1. The van der Waals surface area contributed by atoms with Crippen molar-refractivity contribution in [1.82, 2.24) is 14.8 Å². The molecule has 3 aromatic rings. The molecule has 1 N–H and O–H groups in total. The lowest BCUT2D eigenvalue weighted by molar-refractivity contribution is -0.384. The number of anilines is 1. The van der Waals surface area contributed by atoms with Gasteiger partial charge in [0.05, 0.1) is 10.7 Å². The Morgan fingerprint density at radius 1 is 1.17 bits per heavy atom. The van der Waals surface area contributed by atoms with Crippen LogP contribution in [-0.2, 0) is 17.9 Å². The first-order valence-corrected chi connectivity index (χ1v) is 9.82. The molecule has 0 bridgehead atoms. The van der Waals surface area contributed by atoms with E-state index >= 15 is 0 Å². The molecule has 0 aliphatic heterocycles. The van der Waals surface area contributed by atoms with E-state index in [4.69, 9.17) is 4.74 Å². The molecule has 1 aromatic heterocycles. The van der Waals surface area contributed by atoms with Gasteiger partial charge in [0.2, 0.25) is 5.91 Å². The summed E-state index contributed by atoms with van der Waals surface area (Å²) in [6.07, 6.45) is 0. The van der Waals surface area contributed by atoms with E-state index in [1.54, 1.807) is 0 Å².